The summed E-state index contributed by atoms with van der Waals surface area (Å²) in [4.78, 5) is 55.9. The van der Waals surface area contributed by atoms with Crippen LogP contribution in [-0.2, 0) is 25.3 Å². The fourth-order valence-corrected chi connectivity index (χ4v) is 6.57. The Morgan fingerprint density at radius 1 is 1.13 bits per heavy atom. The number of anilines is 1. The average molecular weight is 649 g/mol. The van der Waals surface area contributed by atoms with Crippen molar-refractivity contribution >= 4 is 29.2 Å². The number of carboxylic acids is 1. The van der Waals surface area contributed by atoms with Crippen LogP contribution in [0.25, 0.3) is 22.4 Å². The van der Waals surface area contributed by atoms with E-state index in [0.29, 0.717) is 41.4 Å². The monoisotopic (exact) mass is 648 g/mol. The molecule has 3 heterocycles. The molecule has 1 saturated heterocycles. The quantitative estimate of drug-likeness (QED) is 0.307. The Bertz CT molecular complexity index is 2050. The first kappa shape index (κ1) is 31.1. The average Bonchev–Trinajstić information content (AvgIpc) is 3.42. The first-order valence-electron chi connectivity index (χ1n) is 14.5. The lowest BCUT2D eigenvalue weighted by atomic mass is 9.94. The van der Waals surface area contributed by atoms with Crippen molar-refractivity contribution in [2.24, 2.45) is 20.0 Å². The van der Waals surface area contributed by atoms with Crippen molar-refractivity contribution in [3.05, 3.63) is 90.5 Å². The number of halogens is 2. The second-order valence-corrected chi connectivity index (χ2v) is 11.8. The molecule has 12 nitrogen and oxygen atoms in total. The summed E-state index contributed by atoms with van der Waals surface area (Å²) in [6.07, 6.45) is 1.56. The summed E-state index contributed by atoms with van der Waals surface area (Å²) in [5.74, 6) is -2.18. The second kappa shape index (κ2) is 11.8. The molecule has 1 fully saturated rings. The van der Waals surface area contributed by atoms with E-state index in [2.05, 4.69) is 15.3 Å². The molecule has 2 aromatic heterocycles. The van der Waals surface area contributed by atoms with Crippen LogP contribution in [0.15, 0.2) is 46.0 Å². The van der Waals surface area contributed by atoms with Crippen LogP contribution in [0.5, 0.6) is 5.88 Å². The third-order valence-electron chi connectivity index (χ3n) is 8.77. The molecule has 1 atom stereocenters. The zero-order valence-corrected chi connectivity index (χ0v) is 26.2. The SMILES string of the molecule is COc1nc(-c2cccc(-c3c(F)ccc(NC(=O)c4nn(C)c(=O)n(C)c4=O)c3C)c2Cl)cc2c1C(N1CC(C(=O)O)C1)CC2. The van der Waals surface area contributed by atoms with E-state index in [1.54, 1.807) is 25.1 Å². The number of carboxylic acid groups (broad SMARTS) is 1. The van der Waals surface area contributed by atoms with Crippen LogP contribution in [-0.4, -0.2) is 61.4 Å². The summed E-state index contributed by atoms with van der Waals surface area (Å²) >= 11 is 6.96. The van der Waals surface area contributed by atoms with Gasteiger partial charge < -0.3 is 15.2 Å². The summed E-state index contributed by atoms with van der Waals surface area (Å²) in [6.45, 7) is 2.56. The maximum atomic E-state index is 15.5. The van der Waals surface area contributed by atoms with Crippen molar-refractivity contribution in [1.82, 2.24) is 24.2 Å². The summed E-state index contributed by atoms with van der Waals surface area (Å²) in [5.41, 5.74) is 2.08. The molecule has 1 aliphatic heterocycles. The van der Waals surface area contributed by atoms with Gasteiger partial charge in [-0.2, -0.15) is 5.10 Å². The van der Waals surface area contributed by atoms with Crippen LogP contribution in [0.4, 0.5) is 10.1 Å². The molecule has 1 unspecified atom stereocenters. The minimum atomic E-state index is -0.866. The van der Waals surface area contributed by atoms with Crippen LogP contribution in [0.1, 0.15) is 39.6 Å². The van der Waals surface area contributed by atoms with E-state index < -0.39 is 34.6 Å². The Labute approximate surface area is 267 Å². The van der Waals surface area contributed by atoms with E-state index in [1.807, 2.05) is 6.07 Å². The molecule has 6 rings (SSSR count). The number of hydrogen-bond acceptors (Lipinski definition) is 8. The molecule has 238 valence electrons. The molecule has 1 amide bonds. The lowest BCUT2D eigenvalue weighted by molar-refractivity contribution is -0.148. The lowest BCUT2D eigenvalue weighted by Gasteiger charge is -2.41. The minimum Gasteiger partial charge on any atom is -0.481 e. The molecule has 4 aromatic rings. The number of rotatable bonds is 7. The zero-order chi connectivity index (χ0) is 33.0. The number of nitrogens with one attached hydrogen (secondary N) is 1. The molecule has 14 heteroatoms. The highest BCUT2D eigenvalue weighted by Crippen LogP contribution is 2.46. The molecule has 2 aliphatic rings. The van der Waals surface area contributed by atoms with Crippen molar-refractivity contribution in [3.63, 3.8) is 0 Å². The van der Waals surface area contributed by atoms with Gasteiger partial charge in [0, 0.05) is 61.2 Å². The number of ether oxygens (including phenoxy) is 1. The number of carbonyl (C=O) groups excluding carboxylic acids is 1. The smallest absolute Gasteiger partial charge is 0.346 e. The highest BCUT2D eigenvalue weighted by atomic mass is 35.5. The minimum absolute atomic E-state index is 0.00903. The van der Waals surface area contributed by atoms with E-state index in [9.17, 15) is 24.3 Å². The normalized spacial score (nSPS) is 16.2. The van der Waals surface area contributed by atoms with Crippen molar-refractivity contribution in [1.29, 1.82) is 0 Å². The van der Waals surface area contributed by atoms with Crippen LogP contribution in [0, 0.1) is 18.7 Å². The first-order valence-corrected chi connectivity index (χ1v) is 14.9. The van der Waals surface area contributed by atoms with Crippen LogP contribution in [0.3, 0.4) is 0 Å². The molecule has 0 saturated carbocycles. The summed E-state index contributed by atoms with van der Waals surface area (Å²) in [6, 6.07) is 9.68. The predicted octanol–water partition coefficient (Wildman–Crippen LogP) is 3.57. The van der Waals surface area contributed by atoms with Crippen molar-refractivity contribution < 1.29 is 23.8 Å². The van der Waals surface area contributed by atoms with Crippen LogP contribution >= 0.6 is 11.6 Å². The van der Waals surface area contributed by atoms with E-state index in [0.717, 1.165) is 33.2 Å². The van der Waals surface area contributed by atoms with Gasteiger partial charge in [0.2, 0.25) is 11.6 Å². The molecular formula is C32H30ClFN6O6. The number of amides is 1. The highest BCUT2D eigenvalue weighted by molar-refractivity contribution is 6.36. The zero-order valence-electron chi connectivity index (χ0n) is 25.4. The molecular weight excluding hydrogens is 619 g/mol. The van der Waals surface area contributed by atoms with Gasteiger partial charge in [0.1, 0.15) is 5.82 Å². The number of likely N-dealkylation sites (tertiary alicyclic amines) is 1. The van der Waals surface area contributed by atoms with Gasteiger partial charge in [0.15, 0.2) is 0 Å². The predicted molar refractivity (Wildman–Crippen MR) is 168 cm³/mol. The number of fused-ring (bicyclic) bond motifs is 1. The Morgan fingerprint density at radius 2 is 1.85 bits per heavy atom. The largest absolute Gasteiger partial charge is 0.481 e. The number of aliphatic carboxylic acids is 1. The van der Waals surface area contributed by atoms with E-state index in [4.69, 9.17) is 21.3 Å². The number of hydrogen-bond donors (Lipinski definition) is 2. The Hall–Kier alpha value is -4.88. The van der Waals surface area contributed by atoms with E-state index >= 15 is 4.39 Å². The van der Waals surface area contributed by atoms with E-state index in [-0.39, 0.29) is 28.2 Å². The number of aryl methyl sites for hydroxylation is 2. The van der Waals surface area contributed by atoms with Gasteiger partial charge in [-0.3, -0.25) is 23.9 Å². The lowest BCUT2D eigenvalue weighted by Crippen LogP contribution is -2.51. The molecule has 2 aromatic carbocycles. The maximum absolute atomic E-state index is 15.5. The van der Waals surface area contributed by atoms with E-state index in [1.165, 1.54) is 33.3 Å². The van der Waals surface area contributed by atoms with Gasteiger partial charge in [0.25, 0.3) is 11.5 Å². The number of methoxy groups -OCH3 is 1. The van der Waals surface area contributed by atoms with Gasteiger partial charge >= 0.3 is 11.7 Å². The molecule has 46 heavy (non-hydrogen) atoms. The Balaban J connectivity index is 1.35. The van der Waals surface area contributed by atoms with Crippen LogP contribution < -0.4 is 21.3 Å². The number of pyridine rings is 1. The first-order chi connectivity index (χ1) is 21.9. The summed E-state index contributed by atoms with van der Waals surface area (Å²) in [7, 11) is 4.10. The second-order valence-electron chi connectivity index (χ2n) is 11.5. The molecule has 0 radical (unpaired) electrons. The third-order valence-corrected chi connectivity index (χ3v) is 9.17. The molecule has 1 aliphatic carbocycles. The van der Waals surface area contributed by atoms with Gasteiger partial charge in [-0.15, -0.1) is 0 Å². The Kier molecular flexibility index (Phi) is 7.99. The third kappa shape index (κ3) is 5.14. The number of nitrogens with zero attached hydrogens (tertiary/aromatic N) is 5. The molecule has 0 spiro atoms. The van der Waals surface area contributed by atoms with Gasteiger partial charge in [-0.05, 0) is 49.1 Å². The van der Waals surface area contributed by atoms with Gasteiger partial charge in [0.05, 0.1) is 23.7 Å². The van der Waals surface area contributed by atoms with Gasteiger partial charge in [-0.25, -0.2) is 18.9 Å². The molecule has 0 bridgehead atoms. The number of carbonyl (C=O) groups is 2. The number of aromatic nitrogens is 4. The van der Waals surface area contributed by atoms with Crippen molar-refractivity contribution in [2.45, 2.75) is 25.8 Å². The van der Waals surface area contributed by atoms with Crippen molar-refractivity contribution in [3.8, 4) is 28.3 Å². The highest BCUT2D eigenvalue weighted by Gasteiger charge is 2.41. The van der Waals surface area contributed by atoms with Crippen molar-refractivity contribution in [2.75, 3.05) is 25.5 Å². The van der Waals surface area contributed by atoms with Gasteiger partial charge in [-0.1, -0.05) is 29.8 Å². The number of benzene rings is 2. The summed E-state index contributed by atoms with van der Waals surface area (Å²) < 4.78 is 22.9. The topological polar surface area (TPSA) is 149 Å². The molecule has 2 N–H and O–H groups in total. The fourth-order valence-electron chi connectivity index (χ4n) is 6.25. The summed E-state index contributed by atoms with van der Waals surface area (Å²) in [5, 5.41) is 16.0. The maximum Gasteiger partial charge on any atom is 0.346 e. The van der Waals surface area contributed by atoms with Crippen LogP contribution in [0.2, 0.25) is 5.02 Å². The standard InChI is InChI=1S/C32H30ClFN6O6/c1-15-21(35-28(41)27-30(42)38(2)32(45)39(3)37-27)10-9-20(34)24(15)19-7-5-6-18(26(19)33)22-12-16-8-11-23(25(16)29(36-22)46-4)40-13-17(14-40)31(43)44/h5-7,9-10,12,17,23H,8,11,13-14H2,1-4H3,(H,35,41)(H,43,44). The fraction of sp³-hybridized carbons (Fsp3) is 0.312. The Morgan fingerprint density at radius 3 is 2.54 bits per heavy atom.